The summed E-state index contributed by atoms with van der Waals surface area (Å²) in [6, 6.07) is 9.32. The fraction of sp³-hybridized carbons (Fsp3) is 0.364. The summed E-state index contributed by atoms with van der Waals surface area (Å²) < 4.78 is 46.4. The van der Waals surface area contributed by atoms with E-state index in [0.29, 0.717) is 24.5 Å². The van der Waals surface area contributed by atoms with Crippen molar-refractivity contribution in [2.45, 2.75) is 55.6 Å². The van der Waals surface area contributed by atoms with Crippen molar-refractivity contribution >= 4 is 15.9 Å². The van der Waals surface area contributed by atoms with Crippen LogP contribution in [0.3, 0.4) is 0 Å². The van der Waals surface area contributed by atoms with Crippen LogP contribution in [-0.2, 0) is 14.8 Å². The maximum absolute atomic E-state index is 13.3. The molecular weight excluding hydrogens is 407 g/mol. The number of nitrogens with one attached hydrogen (secondary N) is 1. The quantitative estimate of drug-likeness (QED) is 0.557. The van der Waals surface area contributed by atoms with Crippen molar-refractivity contribution in [2.75, 3.05) is 0 Å². The summed E-state index contributed by atoms with van der Waals surface area (Å²) in [4.78, 5) is 16.2. The van der Waals surface area contributed by atoms with Crippen LogP contribution in [0.2, 0.25) is 0 Å². The monoisotopic (exact) mass is 430 g/mol. The number of carbonyl (C=O) groups excluding carboxylic acids is 1. The number of ether oxygens (including phenoxy) is 1. The van der Waals surface area contributed by atoms with Crippen molar-refractivity contribution in [1.82, 2.24) is 9.71 Å². The van der Waals surface area contributed by atoms with Crippen LogP contribution in [0.1, 0.15) is 49.1 Å². The standard InChI is InChI=1S/C22H23FN2O4S/c1-15-10-11-17(16-6-3-2-4-7-16)18(14-15)29-22(12-13-22)21(26)25-30(27,28)20-9-5-8-19(23)24-20/h2-3,5,8-11,14,16H,4,6-7,12-13H2,1H3,(H,25,26). The lowest BCUT2D eigenvalue weighted by atomic mass is 9.87. The maximum Gasteiger partial charge on any atom is 0.281 e. The molecule has 0 radical (unpaired) electrons. The number of hydrogen-bond donors (Lipinski definition) is 1. The molecule has 30 heavy (non-hydrogen) atoms. The summed E-state index contributed by atoms with van der Waals surface area (Å²) in [6.45, 7) is 1.94. The molecule has 2 aliphatic carbocycles. The van der Waals surface area contributed by atoms with Crippen molar-refractivity contribution in [3.05, 3.63) is 65.6 Å². The van der Waals surface area contributed by atoms with Gasteiger partial charge in [0.25, 0.3) is 15.9 Å². The van der Waals surface area contributed by atoms with Gasteiger partial charge < -0.3 is 4.74 Å². The fourth-order valence-electron chi connectivity index (χ4n) is 3.65. The highest BCUT2D eigenvalue weighted by Gasteiger charge is 2.54. The second-order valence-electron chi connectivity index (χ2n) is 7.85. The molecule has 6 nitrogen and oxygen atoms in total. The van der Waals surface area contributed by atoms with Gasteiger partial charge in [-0.2, -0.15) is 12.8 Å². The van der Waals surface area contributed by atoms with E-state index in [4.69, 9.17) is 4.74 Å². The van der Waals surface area contributed by atoms with E-state index < -0.39 is 32.5 Å². The summed E-state index contributed by atoms with van der Waals surface area (Å²) in [6.07, 6.45) is 8.00. The number of benzene rings is 1. The maximum atomic E-state index is 13.3. The van der Waals surface area contributed by atoms with Crippen LogP contribution in [0.4, 0.5) is 4.39 Å². The van der Waals surface area contributed by atoms with Gasteiger partial charge in [-0.1, -0.05) is 30.4 Å². The Kier molecular flexibility index (Phi) is 5.36. The summed E-state index contributed by atoms with van der Waals surface area (Å²) in [5.74, 6) is -0.785. The molecule has 4 rings (SSSR count). The number of amides is 1. The van der Waals surface area contributed by atoms with E-state index in [9.17, 15) is 17.6 Å². The van der Waals surface area contributed by atoms with E-state index in [2.05, 4.69) is 17.1 Å². The number of aromatic nitrogens is 1. The first-order valence-electron chi connectivity index (χ1n) is 9.93. The van der Waals surface area contributed by atoms with Gasteiger partial charge in [-0.05, 0) is 61.4 Å². The largest absolute Gasteiger partial charge is 0.477 e. The zero-order valence-corrected chi connectivity index (χ0v) is 17.4. The van der Waals surface area contributed by atoms with Crippen molar-refractivity contribution in [2.24, 2.45) is 0 Å². The van der Waals surface area contributed by atoms with Crippen molar-refractivity contribution in [3.63, 3.8) is 0 Å². The SMILES string of the molecule is Cc1ccc(C2CC=CCC2)c(OC2(C(=O)NS(=O)(=O)c3cccc(F)n3)CC2)c1. The van der Waals surface area contributed by atoms with Crippen LogP contribution in [0.25, 0.3) is 0 Å². The molecular formula is C22H23FN2O4S. The van der Waals surface area contributed by atoms with Gasteiger partial charge in [0, 0.05) is 12.8 Å². The van der Waals surface area contributed by atoms with Crippen molar-refractivity contribution in [1.29, 1.82) is 0 Å². The number of allylic oxidation sites excluding steroid dienone is 2. The number of hydrogen-bond acceptors (Lipinski definition) is 5. The topological polar surface area (TPSA) is 85.4 Å². The highest BCUT2D eigenvalue weighted by Crippen LogP contribution is 2.44. The predicted octanol–water partition coefficient (Wildman–Crippen LogP) is 3.77. The second-order valence-corrected chi connectivity index (χ2v) is 9.48. The lowest BCUT2D eigenvalue weighted by molar-refractivity contribution is -0.128. The van der Waals surface area contributed by atoms with E-state index in [0.717, 1.165) is 42.5 Å². The molecule has 158 valence electrons. The first kappa shape index (κ1) is 20.5. The van der Waals surface area contributed by atoms with Crippen LogP contribution in [0.15, 0.2) is 53.6 Å². The minimum absolute atomic E-state index is 0.296. The van der Waals surface area contributed by atoms with Gasteiger partial charge in [0.2, 0.25) is 5.95 Å². The Balaban J connectivity index is 1.56. The Morgan fingerprint density at radius 3 is 2.70 bits per heavy atom. The third kappa shape index (κ3) is 4.23. The lowest BCUT2D eigenvalue weighted by Crippen LogP contribution is -2.43. The van der Waals surface area contributed by atoms with E-state index in [1.165, 1.54) is 6.07 Å². The molecule has 1 heterocycles. The zero-order chi connectivity index (χ0) is 21.4. The van der Waals surface area contributed by atoms with Crippen LogP contribution in [0, 0.1) is 12.9 Å². The number of carbonyl (C=O) groups is 1. The Morgan fingerprint density at radius 2 is 2.03 bits per heavy atom. The van der Waals surface area contributed by atoms with Crippen LogP contribution in [-0.4, -0.2) is 24.9 Å². The molecule has 1 fully saturated rings. The smallest absolute Gasteiger partial charge is 0.281 e. The number of nitrogens with zero attached hydrogens (tertiary/aromatic N) is 1. The Hall–Kier alpha value is -2.74. The fourth-order valence-corrected chi connectivity index (χ4v) is 4.65. The van der Waals surface area contributed by atoms with E-state index in [1.807, 2.05) is 29.8 Å². The van der Waals surface area contributed by atoms with Crippen LogP contribution < -0.4 is 9.46 Å². The molecule has 1 aromatic carbocycles. The van der Waals surface area contributed by atoms with Gasteiger partial charge in [0.1, 0.15) is 5.75 Å². The predicted molar refractivity (Wildman–Crippen MR) is 109 cm³/mol. The Labute approximate surface area is 175 Å². The van der Waals surface area contributed by atoms with Gasteiger partial charge >= 0.3 is 0 Å². The summed E-state index contributed by atoms with van der Waals surface area (Å²) in [7, 11) is -4.30. The zero-order valence-electron chi connectivity index (χ0n) is 16.6. The third-order valence-corrected chi connectivity index (χ3v) is 6.73. The lowest BCUT2D eigenvalue weighted by Gasteiger charge is -2.25. The molecule has 1 amide bonds. The molecule has 0 spiro atoms. The molecule has 1 unspecified atom stereocenters. The molecule has 1 aromatic heterocycles. The summed E-state index contributed by atoms with van der Waals surface area (Å²) in [5, 5.41) is -0.545. The normalized spacial score (nSPS) is 19.9. The molecule has 8 heteroatoms. The van der Waals surface area contributed by atoms with Crippen molar-refractivity contribution in [3.8, 4) is 5.75 Å². The Morgan fingerprint density at radius 1 is 1.23 bits per heavy atom. The van der Waals surface area contributed by atoms with Gasteiger partial charge in [-0.15, -0.1) is 0 Å². The number of rotatable bonds is 6. The molecule has 0 saturated heterocycles. The van der Waals surface area contributed by atoms with E-state index in [-0.39, 0.29) is 0 Å². The Bertz CT molecular complexity index is 1110. The number of aryl methyl sites for hydroxylation is 1. The van der Waals surface area contributed by atoms with E-state index >= 15 is 0 Å². The molecule has 2 aliphatic rings. The minimum Gasteiger partial charge on any atom is -0.477 e. The summed E-state index contributed by atoms with van der Waals surface area (Å²) in [5.41, 5.74) is 0.777. The minimum atomic E-state index is -4.30. The molecule has 1 saturated carbocycles. The van der Waals surface area contributed by atoms with Crippen molar-refractivity contribution < 1.29 is 22.3 Å². The molecule has 1 atom stereocenters. The van der Waals surface area contributed by atoms with E-state index in [1.54, 1.807) is 0 Å². The third-order valence-electron chi connectivity index (χ3n) is 5.49. The van der Waals surface area contributed by atoms with Crippen LogP contribution >= 0.6 is 0 Å². The first-order valence-corrected chi connectivity index (χ1v) is 11.4. The first-order chi connectivity index (χ1) is 14.3. The number of sulfonamides is 1. The van der Waals surface area contributed by atoms with Crippen LogP contribution in [0.5, 0.6) is 5.75 Å². The molecule has 1 N–H and O–H groups in total. The number of pyridine rings is 1. The molecule has 0 aliphatic heterocycles. The number of halogens is 1. The van der Waals surface area contributed by atoms with Gasteiger partial charge in [0.15, 0.2) is 10.6 Å². The average molecular weight is 431 g/mol. The van der Waals surface area contributed by atoms with Gasteiger partial charge in [0.05, 0.1) is 0 Å². The highest BCUT2D eigenvalue weighted by atomic mass is 32.2. The summed E-state index contributed by atoms with van der Waals surface area (Å²) >= 11 is 0. The van der Waals surface area contributed by atoms with Gasteiger partial charge in [-0.25, -0.2) is 9.71 Å². The average Bonchev–Trinajstić information content (AvgIpc) is 3.49. The highest BCUT2D eigenvalue weighted by molar-refractivity contribution is 7.90. The molecule has 0 bridgehead atoms. The molecule has 2 aromatic rings. The van der Waals surface area contributed by atoms with Gasteiger partial charge in [-0.3, -0.25) is 4.79 Å². The second kappa shape index (κ2) is 7.83.